The summed E-state index contributed by atoms with van der Waals surface area (Å²) in [5, 5.41) is 3.08. The van der Waals surface area contributed by atoms with Crippen molar-refractivity contribution in [3.63, 3.8) is 0 Å². The zero-order valence-electron chi connectivity index (χ0n) is 11.3. The standard InChI is InChI=1S/C15H12ClF2NO2/c1-8-5-13(14(21-2)7-10(8)16)19-15(20)9-3-4-11(17)12(18)6-9/h3-7H,1-2H3,(H,19,20). The number of carbonyl (C=O) groups is 1. The van der Waals surface area contributed by atoms with Crippen molar-refractivity contribution in [2.75, 3.05) is 12.4 Å². The summed E-state index contributed by atoms with van der Waals surface area (Å²) in [5.74, 6) is -2.29. The Morgan fingerprint density at radius 2 is 1.90 bits per heavy atom. The van der Waals surface area contributed by atoms with Crippen molar-refractivity contribution >= 4 is 23.2 Å². The van der Waals surface area contributed by atoms with Gasteiger partial charge in [0, 0.05) is 16.7 Å². The van der Waals surface area contributed by atoms with E-state index < -0.39 is 17.5 Å². The van der Waals surface area contributed by atoms with E-state index in [0.29, 0.717) is 16.5 Å². The smallest absolute Gasteiger partial charge is 0.255 e. The van der Waals surface area contributed by atoms with Gasteiger partial charge in [-0.25, -0.2) is 8.78 Å². The Kier molecular flexibility index (Phi) is 4.43. The number of methoxy groups -OCH3 is 1. The lowest BCUT2D eigenvalue weighted by atomic mass is 10.1. The Balaban J connectivity index is 2.31. The molecule has 0 saturated carbocycles. The van der Waals surface area contributed by atoms with E-state index in [1.807, 2.05) is 0 Å². The van der Waals surface area contributed by atoms with Gasteiger partial charge in [0.25, 0.3) is 5.91 Å². The third kappa shape index (κ3) is 3.31. The zero-order chi connectivity index (χ0) is 15.6. The molecule has 0 spiro atoms. The predicted octanol–water partition coefficient (Wildman–Crippen LogP) is 4.19. The third-order valence-corrected chi connectivity index (χ3v) is 3.32. The maximum Gasteiger partial charge on any atom is 0.255 e. The average molecular weight is 312 g/mol. The monoisotopic (exact) mass is 311 g/mol. The highest BCUT2D eigenvalue weighted by atomic mass is 35.5. The van der Waals surface area contributed by atoms with Gasteiger partial charge in [0.1, 0.15) is 5.75 Å². The summed E-state index contributed by atoms with van der Waals surface area (Å²) in [5.41, 5.74) is 1.15. The Labute approximate surface area is 125 Å². The molecule has 0 fully saturated rings. The normalized spacial score (nSPS) is 10.3. The molecule has 3 nitrogen and oxygen atoms in total. The molecule has 0 aliphatic carbocycles. The fourth-order valence-corrected chi connectivity index (χ4v) is 1.92. The summed E-state index contributed by atoms with van der Waals surface area (Å²) in [7, 11) is 1.44. The van der Waals surface area contributed by atoms with Crippen LogP contribution in [0.3, 0.4) is 0 Å². The second-order valence-corrected chi connectivity index (χ2v) is 4.79. The van der Waals surface area contributed by atoms with E-state index in [1.165, 1.54) is 13.2 Å². The number of rotatable bonds is 3. The number of anilines is 1. The number of hydrogen-bond acceptors (Lipinski definition) is 2. The van der Waals surface area contributed by atoms with Crippen LogP contribution in [0, 0.1) is 18.6 Å². The lowest BCUT2D eigenvalue weighted by Gasteiger charge is -2.12. The number of ether oxygens (including phenoxy) is 1. The number of halogens is 3. The Hall–Kier alpha value is -2.14. The van der Waals surface area contributed by atoms with E-state index in [-0.39, 0.29) is 5.56 Å². The molecule has 2 rings (SSSR count). The highest BCUT2D eigenvalue weighted by molar-refractivity contribution is 6.31. The van der Waals surface area contributed by atoms with E-state index in [9.17, 15) is 13.6 Å². The number of hydrogen-bond donors (Lipinski definition) is 1. The first-order valence-electron chi connectivity index (χ1n) is 6.03. The van der Waals surface area contributed by atoms with Gasteiger partial charge in [-0.15, -0.1) is 0 Å². The number of carbonyl (C=O) groups excluding carboxylic acids is 1. The van der Waals surface area contributed by atoms with Crippen LogP contribution >= 0.6 is 11.6 Å². The van der Waals surface area contributed by atoms with E-state index in [0.717, 1.165) is 17.7 Å². The maximum absolute atomic E-state index is 13.1. The first kappa shape index (κ1) is 15.3. The summed E-state index contributed by atoms with van der Waals surface area (Å²) >= 11 is 5.97. The molecule has 110 valence electrons. The van der Waals surface area contributed by atoms with E-state index in [1.54, 1.807) is 19.1 Å². The van der Waals surface area contributed by atoms with E-state index in [4.69, 9.17) is 16.3 Å². The van der Waals surface area contributed by atoms with Crippen molar-refractivity contribution in [2.45, 2.75) is 6.92 Å². The minimum Gasteiger partial charge on any atom is -0.495 e. The second-order valence-electron chi connectivity index (χ2n) is 4.38. The molecule has 0 saturated heterocycles. The number of aryl methyl sites for hydroxylation is 1. The summed E-state index contributed by atoms with van der Waals surface area (Å²) in [6, 6.07) is 6.13. The van der Waals surface area contributed by atoms with Gasteiger partial charge in [0.2, 0.25) is 0 Å². The van der Waals surface area contributed by atoms with Crippen molar-refractivity contribution in [3.8, 4) is 5.75 Å². The summed E-state index contributed by atoms with van der Waals surface area (Å²) in [6.45, 7) is 1.77. The molecule has 0 atom stereocenters. The molecule has 2 aromatic rings. The van der Waals surface area contributed by atoms with Crippen LogP contribution in [-0.4, -0.2) is 13.0 Å². The highest BCUT2D eigenvalue weighted by Crippen LogP contribution is 2.31. The molecule has 21 heavy (non-hydrogen) atoms. The van der Waals surface area contributed by atoms with Gasteiger partial charge in [-0.3, -0.25) is 4.79 Å². The van der Waals surface area contributed by atoms with Crippen LogP contribution in [0.2, 0.25) is 5.02 Å². The number of benzene rings is 2. The van der Waals surface area contributed by atoms with Crippen LogP contribution in [0.15, 0.2) is 30.3 Å². The minimum absolute atomic E-state index is 0.00329. The quantitative estimate of drug-likeness (QED) is 0.923. The molecule has 1 amide bonds. The Morgan fingerprint density at radius 1 is 1.19 bits per heavy atom. The van der Waals surface area contributed by atoms with Gasteiger partial charge >= 0.3 is 0 Å². The molecule has 1 N–H and O–H groups in total. The minimum atomic E-state index is -1.08. The van der Waals surface area contributed by atoms with Crippen molar-refractivity contribution in [1.29, 1.82) is 0 Å². The average Bonchev–Trinajstić information content (AvgIpc) is 2.45. The Bertz CT molecular complexity index is 704. The highest BCUT2D eigenvalue weighted by Gasteiger charge is 2.13. The number of amides is 1. The van der Waals surface area contributed by atoms with Crippen LogP contribution in [-0.2, 0) is 0 Å². The molecule has 0 aliphatic heterocycles. The van der Waals surface area contributed by atoms with Crippen LogP contribution in [0.5, 0.6) is 5.75 Å². The lowest BCUT2D eigenvalue weighted by molar-refractivity contribution is 0.102. The molecule has 0 radical (unpaired) electrons. The maximum atomic E-state index is 13.1. The fraction of sp³-hybridized carbons (Fsp3) is 0.133. The topological polar surface area (TPSA) is 38.3 Å². The van der Waals surface area contributed by atoms with Crippen molar-refractivity contribution in [2.24, 2.45) is 0 Å². The molecule has 0 unspecified atom stereocenters. The molecule has 0 aromatic heterocycles. The van der Waals surface area contributed by atoms with Gasteiger partial charge in [-0.2, -0.15) is 0 Å². The fourth-order valence-electron chi connectivity index (χ4n) is 1.76. The molecule has 2 aromatic carbocycles. The number of nitrogens with one attached hydrogen (secondary N) is 1. The van der Waals surface area contributed by atoms with Crippen LogP contribution in [0.25, 0.3) is 0 Å². The lowest BCUT2D eigenvalue weighted by Crippen LogP contribution is -2.13. The molecular formula is C15H12ClF2NO2. The van der Waals surface area contributed by atoms with Crippen LogP contribution in [0.4, 0.5) is 14.5 Å². The molecule has 6 heteroatoms. The summed E-state index contributed by atoms with van der Waals surface area (Å²) in [4.78, 5) is 12.1. The molecule has 0 heterocycles. The first-order valence-corrected chi connectivity index (χ1v) is 6.40. The van der Waals surface area contributed by atoms with Crippen molar-refractivity contribution < 1.29 is 18.3 Å². The summed E-state index contributed by atoms with van der Waals surface area (Å²) in [6.07, 6.45) is 0. The SMILES string of the molecule is COc1cc(Cl)c(C)cc1NC(=O)c1ccc(F)c(F)c1. The third-order valence-electron chi connectivity index (χ3n) is 2.91. The van der Waals surface area contributed by atoms with Gasteiger partial charge < -0.3 is 10.1 Å². The van der Waals surface area contributed by atoms with Crippen molar-refractivity contribution in [1.82, 2.24) is 0 Å². The van der Waals surface area contributed by atoms with Gasteiger partial charge in [0.05, 0.1) is 12.8 Å². The van der Waals surface area contributed by atoms with E-state index >= 15 is 0 Å². The van der Waals surface area contributed by atoms with Crippen LogP contribution < -0.4 is 10.1 Å². The van der Waals surface area contributed by atoms with Gasteiger partial charge in [0.15, 0.2) is 11.6 Å². The second kappa shape index (κ2) is 6.10. The van der Waals surface area contributed by atoms with Crippen LogP contribution in [0.1, 0.15) is 15.9 Å². The van der Waals surface area contributed by atoms with E-state index in [2.05, 4.69) is 5.32 Å². The summed E-state index contributed by atoms with van der Waals surface area (Å²) < 4.78 is 31.1. The van der Waals surface area contributed by atoms with Gasteiger partial charge in [-0.1, -0.05) is 11.6 Å². The Morgan fingerprint density at radius 3 is 2.52 bits per heavy atom. The molecule has 0 bridgehead atoms. The zero-order valence-corrected chi connectivity index (χ0v) is 12.1. The van der Waals surface area contributed by atoms with Crippen molar-refractivity contribution in [3.05, 3.63) is 58.1 Å². The molecule has 0 aliphatic rings. The van der Waals surface area contributed by atoms with Gasteiger partial charge in [-0.05, 0) is 36.8 Å². The predicted molar refractivity (Wildman–Crippen MR) is 77.1 cm³/mol. The largest absolute Gasteiger partial charge is 0.495 e. The first-order chi connectivity index (χ1) is 9.92. The molecular weight excluding hydrogens is 300 g/mol.